The van der Waals surface area contributed by atoms with Gasteiger partial charge in [-0.1, -0.05) is 12.1 Å². The summed E-state index contributed by atoms with van der Waals surface area (Å²) in [6.07, 6.45) is 2.96. The van der Waals surface area contributed by atoms with Gasteiger partial charge in [0.15, 0.2) is 0 Å². The number of piperidine rings is 1. The summed E-state index contributed by atoms with van der Waals surface area (Å²) in [4.78, 5) is 14.8. The van der Waals surface area contributed by atoms with Crippen LogP contribution in [-0.4, -0.2) is 54.9 Å². The van der Waals surface area contributed by atoms with Crippen LogP contribution in [0.3, 0.4) is 0 Å². The number of aryl methyl sites for hydroxylation is 2. The van der Waals surface area contributed by atoms with E-state index in [9.17, 15) is 13.2 Å². The third kappa shape index (κ3) is 5.42. The number of amides is 1. The number of aromatic nitrogens is 2. The third-order valence-corrected chi connectivity index (χ3v) is 5.74. The molecular weight excluding hydrogens is 376 g/mol. The Balaban J connectivity index is 1.67. The average molecular weight is 405 g/mol. The highest BCUT2D eigenvalue weighted by Gasteiger charge is 2.25. The topological polar surface area (TPSA) is 84.3 Å². The van der Waals surface area contributed by atoms with Crippen LogP contribution < -0.4 is 4.72 Å². The minimum absolute atomic E-state index is 0.000673. The van der Waals surface area contributed by atoms with Crippen LogP contribution in [0.5, 0.6) is 0 Å². The van der Waals surface area contributed by atoms with Gasteiger partial charge in [-0.05, 0) is 56.4 Å². The molecule has 7 nitrogen and oxygen atoms in total. The fourth-order valence-electron chi connectivity index (χ4n) is 3.68. The molecule has 0 saturated carbocycles. The molecule has 2 heterocycles. The van der Waals surface area contributed by atoms with Gasteiger partial charge in [0.1, 0.15) is 0 Å². The molecule has 28 heavy (non-hydrogen) atoms. The van der Waals surface area contributed by atoms with Gasteiger partial charge in [0.25, 0.3) is 5.91 Å². The number of nitrogens with zero attached hydrogens (tertiary/aromatic N) is 3. The number of carbonyl (C=O) groups excluding carboxylic acids is 1. The summed E-state index contributed by atoms with van der Waals surface area (Å²) in [6.45, 7) is 6.27. The van der Waals surface area contributed by atoms with Crippen LogP contribution in [0.15, 0.2) is 30.3 Å². The lowest BCUT2D eigenvalue weighted by Crippen LogP contribution is -2.43. The van der Waals surface area contributed by atoms with E-state index in [4.69, 9.17) is 0 Å². The van der Waals surface area contributed by atoms with Crippen molar-refractivity contribution in [3.05, 3.63) is 52.8 Å². The molecule has 0 spiro atoms. The van der Waals surface area contributed by atoms with Crippen molar-refractivity contribution in [1.29, 1.82) is 0 Å². The molecule has 1 aromatic heterocycles. The molecule has 0 bridgehead atoms. The van der Waals surface area contributed by atoms with Crippen LogP contribution in [0, 0.1) is 19.8 Å². The average Bonchev–Trinajstić information content (AvgIpc) is 2.96. The van der Waals surface area contributed by atoms with Gasteiger partial charge in [-0.25, -0.2) is 13.1 Å². The predicted octanol–water partition coefficient (Wildman–Crippen LogP) is 1.95. The summed E-state index contributed by atoms with van der Waals surface area (Å²) in [5.74, 6) is 0.143. The molecule has 1 aliphatic heterocycles. The van der Waals surface area contributed by atoms with Crippen molar-refractivity contribution in [2.75, 3.05) is 25.9 Å². The Morgan fingerprint density at radius 1 is 1.29 bits per heavy atom. The van der Waals surface area contributed by atoms with Gasteiger partial charge >= 0.3 is 0 Å². The molecule has 1 unspecified atom stereocenters. The van der Waals surface area contributed by atoms with Crippen molar-refractivity contribution in [1.82, 2.24) is 19.4 Å². The summed E-state index contributed by atoms with van der Waals surface area (Å²) < 4.78 is 27.1. The van der Waals surface area contributed by atoms with E-state index in [2.05, 4.69) is 9.82 Å². The zero-order valence-electron chi connectivity index (χ0n) is 16.7. The molecule has 1 amide bonds. The van der Waals surface area contributed by atoms with Crippen molar-refractivity contribution in [2.24, 2.45) is 5.92 Å². The molecule has 3 rings (SSSR count). The van der Waals surface area contributed by atoms with Gasteiger partial charge in [0.2, 0.25) is 10.0 Å². The number of likely N-dealkylation sites (tertiary alicyclic amines) is 1. The maximum absolute atomic E-state index is 13.0. The maximum atomic E-state index is 13.0. The summed E-state index contributed by atoms with van der Waals surface area (Å²) in [7, 11) is -3.21. The predicted molar refractivity (Wildman–Crippen MR) is 109 cm³/mol. The van der Waals surface area contributed by atoms with Gasteiger partial charge in [-0.2, -0.15) is 5.10 Å². The molecule has 0 aliphatic carbocycles. The van der Waals surface area contributed by atoms with E-state index in [1.807, 2.05) is 53.8 Å². The Labute approximate surface area is 166 Å². The molecule has 1 atom stereocenters. The maximum Gasteiger partial charge on any atom is 0.253 e. The first-order valence-corrected chi connectivity index (χ1v) is 11.4. The van der Waals surface area contributed by atoms with Crippen molar-refractivity contribution in [2.45, 2.75) is 33.2 Å². The normalized spacial score (nSPS) is 17.7. The number of hydrogen-bond acceptors (Lipinski definition) is 4. The number of sulfonamides is 1. The van der Waals surface area contributed by atoms with Crippen LogP contribution in [0.4, 0.5) is 0 Å². The minimum Gasteiger partial charge on any atom is -0.338 e. The lowest BCUT2D eigenvalue weighted by Gasteiger charge is -2.33. The Morgan fingerprint density at radius 2 is 2.07 bits per heavy atom. The van der Waals surface area contributed by atoms with Gasteiger partial charge in [0.05, 0.1) is 18.5 Å². The first-order valence-electron chi connectivity index (χ1n) is 9.55. The highest BCUT2D eigenvalue weighted by atomic mass is 32.2. The molecule has 1 fully saturated rings. The fourth-order valence-corrected chi connectivity index (χ4v) is 4.22. The molecule has 1 saturated heterocycles. The summed E-state index contributed by atoms with van der Waals surface area (Å²) in [5, 5.41) is 4.49. The lowest BCUT2D eigenvalue weighted by atomic mass is 9.97. The summed E-state index contributed by atoms with van der Waals surface area (Å²) in [6, 6.07) is 9.71. The number of benzene rings is 1. The number of carbonyl (C=O) groups is 1. The zero-order valence-corrected chi connectivity index (χ0v) is 17.5. The van der Waals surface area contributed by atoms with E-state index in [0.29, 0.717) is 31.7 Å². The highest BCUT2D eigenvalue weighted by molar-refractivity contribution is 7.88. The van der Waals surface area contributed by atoms with Crippen molar-refractivity contribution in [3.63, 3.8) is 0 Å². The Morgan fingerprint density at radius 3 is 2.75 bits per heavy atom. The molecule has 152 valence electrons. The Bertz CT molecular complexity index is 952. The molecule has 2 aromatic rings. The molecule has 8 heteroatoms. The van der Waals surface area contributed by atoms with E-state index in [1.165, 1.54) is 0 Å². The minimum atomic E-state index is -3.21. The number of rotatable bonds is 6. The fraction of sp³-hybridized carbons (Fsp3) is 0.500. The monoisotopic (exact) mass is 404 g/mol. The molecular formula is C20H28N4O3S. The second-order valence-corrected chi connectivity index (χ2v) is 9.50. The Kier molecular flexibility index (Phi) is 6.20. The summed E-state index contributed by atoms with van der Waals surface area (Å²) >= 11 is 0. The van der Waals surface area contributed by atoms with E-state index in [1.54, 1.807) is 0 Å². The first kappa shape index (κ1) is 20.5. The van der Waals surface area contributed by atoms with E-state index in [0.717, 1.165) is 36.0 Å². The van der Waals surface area contributed by atoms with Crippen molar-refractivity contribution < 1.29 is 13.2 Å². The second kappa shape index (κ2) is 8.45. The largest absolute Gasteiger partial charge is 0.338 e. The van der Waals surface area contributed by atoms with E-state index >= 15 is 0 Å². The van der Waals surface area contributed by atoms with E-state index in [-0.39, 0.29) is 11.8 Å². The molecule has 1 N–H and O–H groups in total. The van der Waals surface area contributed by atoms with Crippen LogP contribution >= 0.6 is 0 Å². The molecule has 0 radical (unpaired) electrons. The quantitative estimate of drug-likeness (QED) is 0.798. The van der Waals surface area contributed by atoms with Crippen LogP contribution in [-0.2, 0) is 16.6 Å². The SMILES string of the molecule is Cc1cc(C)n(Cc2cccc(C(=O)N3CCCC(CNS(C)(=O)=O)C3)c2)n1. The van der Waals surface area contributed by atoms with Gasteiger partial charge in [0, 0.05) is 30.9 Å². The second-order valence-electron chi connectivity index (χ2n) is 7.67. The first-order chi connectivity index (χ1) is 13.2. The highest BCUT2D eigenvalue weighted by Crippen LogP contribution is 2.19. The van der Waals surface area contributed by atoms with Crippen molar-refractivity contribution >= 4 is 15.9 Å². The van der Waals surface area contributed by atoms with Crippen LogP contribution in [0.1, 0.15) is 40.2 Å². The Hall–Kier alpha value is -2.19. The van der Waals surface area contributed by atoms with Gasteiger partial charge in [-0.3, -0.25) is 9.48 Å². The molecule has 1 aromatic carbocycles. The molecule has 1 aliphatic rings. The van der Waals surface area contributed by atoms with Crippen molar-refractivity contribution in [3.8, 4) is 0 Å². The van der Waals surface area contributed by atoms with Crippen LogP contribution in [0.2, 0.25) is 0 Å². The standard InChI is InChI=1S/C20H28N4O3S/c1-15-10-16(2)24(22-15)14-17-6-4-8-19(11-17)20(25)23-9-5-7-18(13-23)12-21-28(3,26)27/h4,6,8,10-11,18,21H,5,7,9,12-14H2,1-3H3. The number of nitrogens with one attached hydrogen (secondary N) is 1. The lowest BCUT2D eigenvalue weighted by molar-refractivity contribution is 0.0676. The van der Waals surface area contributed by atoms with Gasteiger partial charge in [-0.15, -0.1) is 0 Å². The smallest absolute Gasteiger partial charge is 0.253 e. The zero-order chi connectivity index (χ0) is 20.3. The third-order valence-electron chi connectivity index (χ3n) is 5.05. The van der Waals surface area contributed by atoms with Crippen LogP contribution in [0.25, 0.3) is 0 Å². The van der Waals surface area contributed by atoms with Gasteiger partial charge < -0.3 is 4.90 Å². The number of hydrogen-bond donors (Lipinski definition) is 1. The summed E-state index contributed by atoms with van der Waals surface area (Å²) in [5.41, 5.74) is 3.76. The van der Waals surface area contributed by atoms with E-state index < -0.39 is 10.0 Å².